The van der Waals surface area contributed by atoms with Crippen LogP contribution in [0.2, 0.25) is 0 Å². The minimum Gasteiger partial charge on any atom is -0.294 e. The Balaban J connectivity index is 1.69. The van der Waals surface area contributed by atoms with Gasteiger partial charge in [0.05, 0.1) is 0 Å². The lowest BCUT2D eigenvalue weighted by molar-refractivity contribution is 0.0906. The molecule has 0 saturated heterocycles. The summed E-state index contributed by atoms with van der Waals surface area (Å²) in [5, 5.41) is 27.7. The van der Waals surface area contributed by atoms with Crippen molar-refractivity contribution in [2.75, 3.05) is 0 Å². The molecule has 0 atom stereocenters. The summed E-state index contributed by atoms with van der Waals surface area (Å²) in [7, 11) is 0. The van der Waals surface area contributed by atoms with Crippen LogP contribution in [0.15, 0.2) is 24.3 Å². The summed E-state index contributed by atoms with van der Waals surface area (Å²) >= 11 is 0. The predicted octanol–water partition coefficient (Wildman–Crippen LogP) is 1.09. The second-order valence-corrected chi connectivity index (χ2v) is 5.66. The quantitative estimate of drug-likeness (QED) is 0.593. The number of hydrogen-bond acceptors (Lipinski definition) is 7. The molecular formula is C15H18N8O. The van der Waals surface area contributed by atoms with Crippen molar-refractivity contribution in [1.82, 2.24) is 41.2 Å². The lowest BCUT2D eigenvalue weighted by Gasteiger charge is -2.14. The van der Waals surface area contributed by atoms with Gasteiger partial charge in [-0.2, -0.15) is 10.4 Å². The van der Waals surface area contributed by atoms with E-state index in [1.807, 2.05) is 31.2 Å². The lowest BCUT2D eigenvalue weighted by Crippen LogP contribution is -2.17. The van der Waals surface area contributed by atoms with Gasteiger partial charge in [0.25, 0.3) is 0 Å². The van der Waals surface area contributed by atoms with Gasteiger partial charge in [-0.25, -0.2) is 0 Å². The number of rotatable bonds is 8. The number of hydrogen-bond donors (Lipinski definition) is 2. The zero-order valence-corrected chi connectivity index (χ0v) is 13.3. The average molecular weight is 326 g/mol. The molecule has 124 valence electrons. The van der Waals surface area contributed by atoms with Crippen LogP contribution in [0.25, 0.3) is 0 Å². The Bertz CT molecular complexity index is 713. The summed E-state index contributed by atoms with van der Waals surface area (Å²) in [6, 6.07) is 7.63. The van der Waals surface area contributed by atoms with Crippen molar-refractivity contribution in [3.63, 3.8) is 0 Å². The molecule has 0 saturated carbocycles. The predicted molar refractivity (Wildman–Crippen MR) is 84.0 cm³/mol. The molecule has 24 heavy (non-hydrogen) atoms. The van der Waals surface area contributed by atoms with Gasteiger partial charge in [0.1, 0.15) is 0 Å². The van der Waals surface area contributed by atoms with Crippen LogP contribution in [0, 0.1) is 12.8 Å². The number of tetrazole rings is 2. The number of carbonyl (C=O) groups excluding carboxylic acids is 1. The van der Waals surface area contributed by atoms with Gasteiger partial charge in [0.15, 0.2) is 17.4 Å². The Morgan fingerprint density at radius 3 is 1.96 bits per heavy atom. The maximum absolute atomic E-state index is 12.8. The first kappa shape index (κ1) is 15.9. The van der Waals surface area contributed by atoms with E-state index in [1.54, 1.807) is 0 Å². The van der Waals surface area contributed by atoms with E-state index < -0.39 is 0 Å². The SMILES string of the molecule is Cc1ccc(C(=O)C(CCc2nn[nH]n2)CCc2nn[nH]n2)cc1. The third-order valence-corrected chi connectivity index (χ3v) is 3.92. The van der Waals surface area contributed by atoms with E-state index in [9.17, 15) is 4.79 Å². The zero-order chi connectivity index (χ0) is 16.8. The van der Waals surface area contributed by atoms with Crippen molar-refractivity contribution in [2.45, 2.75) is 32.6 Å². The Kier molecular flexibility index (Phi) is 4.99. The van der Waals surface area contributed by atoms with E-state index in [-0.39, 0.29) is 11.7 Å². The van der Waals surface area contributed by atoms with Crippen LogP contribution >= 0.6 is 0 Å². The van der Waals surface area contributed by atoms with Crippen LogP contribution in [0.4, 0.5) is 0 Å². The first-order valence-corrected chi connectivity index (χ1v) is 7.78. The number of aromatic nitrogens is 8. The minimum absolute atomic E-state index is 0.113. The standard InChI is InChI=1S/C15H18N8O/c1-10-2-4-11(5-3-10)15(24)12(6-8-13-16-20-21-17-13)7-9-14-18-22-23-19-14/h2-5,12H,6-9H2,1H3,(H,16,17,20,21)(H,18,19,22,23). The molecule has 0 amide bonds. The molecule has 0 aliphatic carbocycles. The molecular weight excluding hydrogens is 308 g/mol. The first-order valence-electron chi connectivity index (χ1n) is 7.78. The molecule has 0 aliphatic heterocycles. The van der Waals surface area contributed by atoms with E-state index in [0.29, 0.717) is 42.9 Å². The largest absolute Gasteiger partial charge is 0.294 e. The molecule has 1 aromatic carbocycles. The molecule has 2 heterocycles. The molecule has 0 aliphatic rings. The monoisotopic (exact) mass is 326 g/mol. The second-order valence-electron chi connectivity index (χ2n) is 5.66. The van der Waals surface area contributed by atoms with E-state index >= 15 is 0 Å². The number of carbonyl (C=O) groups is 1. The second kappa shape index (κ2) is 7.53. The van der Waals surface area contributed by atoms with Gasteiger partial charge in [-0.1, -0.05) is 40.3 Å². The van der Waals surface area contributed by atoms with Gasteiger partial charge in [-0.3, -0.25) is 4.79 Å². The Labute approximate surface area is 138 Å². The fourth-order valence-electron chi connectivity index (χ4n) is 2.54. The van der Waals surface area contributed by atoms with Crippen LogP contribution in [-0.2, 0) is 12.8 Å². The van der Waals surface area contributed by atoms with E-state index in [2.05, 4.69) is 41.2 Å². The third-order valence-electron chi connectivity index (χ3n) is 3.92. The highest BCUT2D eigenvalue weighted by Gasteiger charge is 2.21. The highest BCUT2D eigenvalue weighted by molar-refractivity contribution is 5.97. The fraction of sp³-hybridized carbons (Fsp3) is 0.400. The van der Waals surface area contributed by atoms with Crippen LogP contribution in [-0.4, -0.2) is 47.0 Å². The van der Waals surface area contributed by atoms with E-state index in [4.69, 9.17) is 0 Å². The molecule has 3 rings (SSSR count). The van der Waals surface area contributed by atoms with Crippen molar-refractivity contribution in [2.24, 2.45) is 5.92 Å². The first-order chi connectivity index (χ1) is 11.7. The summed E-state index contributed by atoms with van der Waals surface area (Å²) < 4.78 is 0. The number of Topliss-reactive ketones (excluding diaryl/α,β-unsaturated/α-hetero) is 1. The molecule has 9 heteroatoms. The van der Waals surface area contributed by atoms with Crippen LogP contribution in [0.5, 0.6) is 0 Å². The van der Waals surface area contributed by atoms with Gasteiger partial charge >= 0.3 is 0 Å². The number of ketones is 1. The highest BCUT2D eigenvalue weighted by Crippen LogP contribution is 2.20. The van der Waals surface area contributed by atoms with Crippen LogP contribution in [0.3, 0.4) is 0 Å². The molecule has 2 N–H and O–H groups in total. The summed E-state index contributed by atoms with van der Waals surface area (Å²) in [4.78, 5) is 12.8. The molecule has 0 spiro atoms. The van der Waals surface area contributed by atoms with Crippen molar-refractivity contribution < 1.29 is 4.79 Å². The zero-order valence-electron chi connectivity index (χ0n) is 13.3. The smallest absolute Gasteiger partial charge is 0.174 e. The topological polar surface area (TPSA) is 126 Å². The molecule has 9 nitrogen and oxygen atoms in total. The molecule has 0 fully saturated rings. The van der Waals surface area contributed by atoms with Gasteiger partial charge in [0.2, 0.25) is 0 Å². The number of nitrogens with zero attached hydrogens (tertiary/aromatic N) is 6. The molecule has 2 aromatic heterocycles. The number of aryl methyl sites for hydroxylation is 3. The number of H-pyrrole nitrogens is 2. The van der Waals surface area contributed by atoms with Gasteiger partial charge in [0, 0.05) is 24.3 Å². The number of nitrogens with one attached hydrogen (secondary N) is 2. The minimum atomic E-state index is -0.162. The normalized spacial score (nSPS) is 11.1. The fourth-order valence-corrected chi connectivity index (χ4v) is 2.54. The molecule has 3 aromatic rings. The number of benzene rings is 1. The van der Waals surface area contributed by atoms with Gasteiger partial charge in [-0.05, 0) is 19.8 Å². The van der Waals surface area contributed by atoms with E-state index in [0.717, 1.165) is 5.56 Å². The van der Waals surface area contributed by atoms with Crippen molar-refractivity contribution >= 4 is 5.78 Å². The maximum atomic E-state index is 12.8. The summed E-state index contributed by atoms with van der Waals surface area (Å²) in [6.45, 7) is 2.00. The van der Waals surface area contributed by atoms with E-state index in [1.165, 1.54) is 0 Å². The van der Waals surface area contributed by atoms with Crippen LogP contribution in [0.1, 0.15) is 40.4 Å². The Morgan fingerprint density at radius 1 is 0.958 bits per heavy atom. The average Bonchev–Trinajstić information content (AvgIpc) is 3.29. The number of aromatic amines is 2. The van der Waals surface area contributed by atoms with Crippen LogP contribution < -0.4 is 0 Å². The molecule has 0 radical (unpaired) electrons. The van der Waals surface area contributed by atoms with Crippen molar-refractivity contribution in [1.29, 1.82) is 0 Å². The highest BCUT2D eigenvalue weighted by atomic mass is 16.1. The summed E-state index contributed by atoms with van der Waals surface area (Å²) in [5.41, 5.74) is 1.84. The maximum Gasteiger partial charge on any atom is 0.174 e. The Hall–Kier alpha value is -2.97. The summed E-state index contributed by atoms with van der Waals surface area (Å²) in [6.07, 6.45) is 2.46. The van der Waals surface area contributed by atoms with Crippen molar-refractivity contribution in [3.8, 4) is 0 Å². The molecule has 0 bridgehead atoms. The molecule has 0 unspecified atom stereocenters. The third kappa shape index (κ3) is 4.06. The Morgan fingerprint density at radius 2 is 1.50 bits per heavy atom. The van der Waals surface area contributed by atoms with Gasteiger partial charge in [-0.15, -0.1) is 20.4 Å². The summed E-state index contributed by atoms with van der Waals surface area (Å²) in [5.74, 6) is 1.17. The van der Waals surface area contributed by atoms with Gasteiger partial charge < -0.3 is 0 Å². The van der Waals surface area contributed by atoms with Crippen molar-refractivity contribution in [3.05, 3.63) is 47.0 Å². The lowest BCUT2D eigenvalue weighted by atomic mass is 9.89.